The number of benzene rings is 1. The van der Waals surface area contributed by atoms with E-state index in [0.29, 0.717) is 0 Å². The molecule has 0 saturated carbocycles. The van der Waals surface area contributed by atoms with Crippen LogP contribution in [0.5, 0.6) is 11.5 Å². The molecule has 1 aromatic carbocycles. The van der Waals surface area contributed by atoms with Crippen LogP contribution in [-0.4, -0.2) is 30.5 Å². The molecule has 0 heterocycles. The minimum atomic E-state index is -4.48. The van der Waals surface area contributed by atoms with E-state index in [4.69, 9.17) is 9.84 Å². The number of rotatable bonds is 6. The van der Waals surface area contributed by atoms with Crippen molar-refractivity contribution in [2.24, 2.45) is 0 Å². The number of hydrogen-bond donors (Lipinski definition) is 1. The summed E-state index contributed by atoms with van der Waals surface area (Å²) in [6.45, 7) is 2.00. The van der Waals surface area contributed by atoms with Gasteiger partial charge in [-0.3, -0.25) is 0 Å². The molecule has 0 amide bonds. The number of carbonyl (C=O) groups is 1. The lowest BCUT2D eigenvalue weighted by Crippen LogP contribution is -2.19. The molecule has 104 valence electrons. The van der Waals surface area contributed by atoms with E-state index in [9.17, 15) is 18.0 Å². The van der Waals surface area contributed by atoms with Crippen LogP contribution >= 0.6 is 0 Å². The number of carboxylic acid groups (broad SMARTS) is 1. The Bertz CT molecular complexity index is 469. The first-order chi connectivity index (χ1) is 8.83. The van der Waals surface area contributed by atoms with E-state index in [2.05, 4.69) is 11.3 Å². The van der Waals surface area contributed by atoms with Crippen molar-refractivity contribution in [3.05, 3.63) is 36.4 Å². The fourth-order valence-electron chi connectivity index (χ4n) is 1.21. The van der Waals surface area contributed by atoms with Crippen molar-refractivity contribution in [2.75, 3.05) is 13.2 Å². The highest BCUT2D eigenvalue weighted by Gasteiger charge is 2.28. The molecular weight excluding hydrogens is 265 g/mol. The predicted molar refractivity (Wildman–Crippen MR) is 60.6 cm³/mol. The minimum Gasteiger partial charge on any atom is -0.489 e. The fraction of sp³-hybridized carbons (Fsp3) is 0.250. The summed E-state index contributed by atoms with van der Waals surface area (Å²) in [5.74, 6) is -1.48. The van der Waals surface area contributed by atoms with Gasteiger partial charge in [-0.2, -0.15) is 13.2 Å². The summed E-state index contributed by atoms with van der Waals surface area (Å²) < 4.78 is 45.4. The first-order valence-electron chi connectivity index (χ1n) is 5.14. The zero-order chi connectivity index (χ0) is 14.5. The molecule has 0 spiro atoms. The third-order valence-electron chi connectivity index (χ3n) is 1.94. The number of halogens is 3. The van der Waals surface area contributed by atoms with Crippen molar-refractivity contribution in [2.45, 2.75) is 6.18 Å². The summed E-state index contributed by atoms with van der Waals surface area (Å²) in [6, 6.07) is 3.42. The highest BCUT2D eigenvalue weighted by Crippen LogP contribution is 2.26. The van der Waals surface area contributed by atoms with Crippen LogP contribution in [0.1, 0.15) is 10.4 Å². The van der Waals surface area contributed by atoms with Crippen LogP contribution in [0.25, 0.3) is 0 Å². The SMILES string of the molecule is C=CCOc1ccc(OCC(F)(F)F)cc1C(=O)O. The average Bonchev–Trinajstić information content (AvgIpc) is 2.33. The first kappa shape index (κ1) is 14.9. The van der Waals surface area contributed by atoms with Gasteiger partial charge in [0.05, 0.1) is 0 Å². The number of ether oxygens (including phenoxy) is 2. The topological polar surface area (TPSA) is 55.8 Å². The van der Waals surface area contributed by atoms with Gasteiger partial charge in [-0.05, 0) is 18.2 Å². The Morgan fingerprint density at radius 1 is 1.37 bits per heavy atom. The number of aromatic carboxylic acids is 1. The number of hydrogen-bond acceptors (Lipinski definition) is 3. The second kappa shape index (κ2) is 6.12. The maximum Gasteiger partial charge on any atom is 0.422 e. The lowest BCUT2D eigenvalue weighted by Gasteiger charge is -2.12. The zero-order valence-electron chi connectivity index (χ0n) is 9.74. The molecule has 0 aliphatic heterocycles. The van der Waals surface area contributed by atoms with Crippen molar-refractivity contribution in [3.8, 4) is 11.5 Å². The van der Waals surface area contributed by atoms with E-state index in [1.165, 1.54) is 18.2 Å². The monoisotopic (exact) mass is 276 g/mol. The minimum absolute atomic E-state index is 0.0340. The Labute approximate surface area is 107 Å². The Morgan fingerprint density at radius 3 is 2.58 bits per heavy atom. The Morgan fingerprint density at radius 2 is 2.05 bits per heavy atom. The van der Waals surface area contributed by atoms with E-state index in [-0.39, 0.29) is 23.7 Å². The molecule has 0 aliphatic carbocycles. The normalized spacial score (nSPS) is 10.9. The third-order valence-corrected chi connectivity index (χ3v) is 1.94. The van der Waals surface area contributed by atoms with Crippen LogP contribution in [0.4, 0.5) is 13.2 Å². The number of carboxylic acids is 1. The molecule has 0 unspecified atom stereocenters. The van der Waals surface area contributed by atoms with Crippen molar-refractivity contribution < 1.29 is 32.5 Å². The van der Waals surface area contributed by atoms with Gasteiger partial charge in [0.25, 0.3) is 0 Å². The lowest BCUT2D eigenvalue weighted by atomic mass is 10.2. The van der Waals surface area contributed by atoms with Crippen molar-refractivity contribution in [3.63, 3.8) is 0 Å². The maximum atomic E-state index is 12.0. The van der Waals surface area contributed by atoms with Gasteiger partial charge in [0.2, 0.25) is 0 Å². The number of alkyl halides is 3. The molecule has 0 fully saturated rings. The van der Waals surface area contributed by atoms with Crippen LogP contribution in [0.3, 0.4) is 0 Å². The van der Waals surface area contributed by atoms with Crippen molar-refractivity contribution in [1.82, 2.24) is 0 Å². The lowest BCUT2D eigenvalue weighted by molar-refractivity contribution is -0.153. The quantitative estimate of drug-likeness (QED) is 0.812. The molecule has 0 saturated heterocycles. The molecule has 0 radical (unpaired) electrons. The molecule has 0 aliphatic rings. The summed E-state index contributed by atoms with van der Waals surface area (Å²) in [7, 11) is 0. The molecular formula is C12H11F3O4. The molecule has 4 nitrogen and oxygen atoms in total. The molecule has 1 aromatic rings. The molecule has 19 heavy (non-hydrogen) atoms. The van der Waals surface area contributed by atoms with Gasteiger partial charge in [0.15, 0.2) is 6.61 Å². The van der Waals surface area contributed by atoms with Crippen molar-refractivity contribution in [1.29, 1.82) is 0 Å². The van der Waals surface area contributed by atoms with Crippen LogP contribution in [-0.2, 0) is 0 Å². The molecule has 0 atom stereocenters. The second-order valence-corrected chi connectivity index (χ2v) is 3.47. The van der Waals surface area contributed by atoms with E-state index in [1.807, 2.05) is 0 Å². The molecule has 0 aromatic heterocycles. The zero-order valence-corrected chi connectivity index (χ0v) is 9.74. The van der Waals surface area contributed by atoms with Gasteiger partial charge in [-0.1, -0.05) is 12.7 Å². The predicted octanol–water partition coefficient (Wildman–Crippen LogP) is 2.89. The summed E-state index contributed by atoms with van der Waals surface area (Å²) in [5.41, 5.74) is -0.276. The van der Waals surface area contributed by atoms with E-state index in [0.717, 1.165) is 6.07 Å². The average molecular weight is 276 g/mol. The molecule has 7 heteroatoms. The largest absolute Gasteiger partial charge is 0.489 e. The second-order valence-electron chi connectivity index (χ2n) is 3.47. The maximum absolute atomic E-state index is 12.0. The van der Waals surface area contributed by atoms with Gasteiger partial charge in [-0.15, -0.1) is 0 Å². The summed E-state index contributed by atoms with van der Waals surface area (Å²) in [6.07, 6.45) is -3.07. The summed E-state index contributed by atoms with van der Waals surface area (Å²) in [4.78, 5) is 11.0. The van der Waals surface area contributed by atoms with Gasteiger partial charge in [0, 0.05) is 0 Å². The highest BCUT2D eigenvalue weighted by molar-refractivity contribution is 5.91. The van der Waals surface area contributed by atoms with E-state index < -0.39 is 18.8 Å². The molecule has 1 N–H and O–H groups in total. The Kier molecular flexibility index (Phi) is 4.80. The smallest absolute Gasteiger partial charge is 0.422 e. The van der Waals surface area contributed by atoms with E-state index in [1.54, 1.807) is 0 Å². The Balaban J connectivity index is 2.89. The fourth-order valence-corrected chi connectivity index (χ4v) is 1.21. The van der Waals surface area contributed by atoms with Gasteiger partial charge >= 0.3 is 12.1 Å². The molecule has 0 bridgehead atoms. The van der Waals surface area contributed by atoms with Gasteiger partial charge < -0.3 is 14.6 Å². The van der Waals surface area contributed by atoms with Crippen LogP contribution in [0.15, 0.2) is 30.9 Å². The first-order valence-corrected chi connectivity index (χ1v) is 5.14. The third kappa shape index (κ3) is 4.90. The van der Waals surface area contributed by atoms with Crippen LogP contribution < -0.4 is 9.47 Å². The summed E-state index contributed by atoms with van der Waals surface area (Å²) in [5, 5.41) is 8.93. The van der Waals surface area contributed by atoms with Crippen LogP contribution in [0, 0.1) is 0 Å². The van der Waals surface area contributed by atoms with Crippen molar-refractivity contribution >= 4 is 5.97 Å². The van der Waals surface area contributed by atoms with Gasteiger partial charge in [-0.25, -0.2) is 4.79 Å². The van der Waals surface area contributed by atoms with E-state index >= 15 is 0 Å². The summed E-state index contributed by atoms with van der Waals surface area (Å²) >= 11 is 0. The molecule has 1 rings (SSSR count). The highest BCUT2D eigenvalue weighted by atomic mass is 19.4. The standard InChI is InChI=1S/C12H11F3O4/c1-2-5-18-10-4-3-8(6-9(10)11(16)17)19-7-12(13,14)15/h2-4,6H,1,5,7H2,(H,16,17). The Hall–Kier alpha value is -2.18. The van der Waals surface area contributed by atoms with Gasteiger partial charge in [0.1, 0.15) is 23.7 Å². The van der Waals surface area contributed by atoms with Crippen LogP contribution in [0.2, 0.25) is 0 Å².